The van der Waals surface area contributed by atoms with Gasteiger partial charge >= 0.3 is 0 Å². The van der Waals surface area contributed by atoms with Gasteiger partial charge in [0.2, 0.25) is 0 Å². The van der Waals surface area contributed by atoms with Crippen LogP contribution in [0.3, 0.4) is 0 Å². The second-order valence-corrected chi connectivity index (χ2v) is 4.90. The molecule has 0 aliphatic rings. The number of nitrogens with zero attached hydrogens (tertiary/aromatic N) is 3. The van der Waals surface area contributed by atoms with Crippen molar-refractivity contribution in [1.82, 2.24) is 20.1 Å². The number of hydrogen-bond acceptors (Lipinski definition) is 4. The minimum absolute atomic E-state index is 0.376. The van der Waals surface area contributed by atoms with Crippen molar-refractivity contribution >= 4 is 0 Å². The molecule has 0 bridgehead atoms. The normalized spacial score (nSPS) is 13.2. The monoisotopic (exact) mass is 212 g/mol. The third kappa shape index (κ3) is 2.76. The van der Waals surface area contributed by atoms with E-state index in [0.29, 0.717) is 6.54 Å². The van der Waals surface area contributed by atoms with E-state index in [9.17, 15) is 5.11 Å². The van der Waals surface area contributed by atoms with Gasteiger partial charge in [-0.25, -0.2) is 0 Å². The van der Waals surface area contributed by atoms with Crippen LogP contribution in [-0.2, 0) is 13.6 Å². The predicted octanol–water partition coefficient (Wildman–Crippen LogP) is 0.454. The molecule has 0 saturated heterocycles. The smallest absolute Gasteiger partial charge is 0.146 e. The number of rotatable bonds is 4. The Labute approximate surface area is 90.5 Å². The van der Waals surface area contributed by atoms with Crippen molar-refractivity contribution in [3.8, 4) is 0 Å². The van der Waals surface area contributed by atoms with Crippen LogP contribution in [0.25, 0.3) is 0 Å². The first kappa shape index (κ1) is 12.1. The Morgan fingerprint density at radius 3 is 2.40 bits per heavy atom. The van der Waals surface area contributed by atoms with E-state index in [1.165, 1.54) is 0 Å². The van der Waals surface area contributed by atoms with Crippen LogP contribution in [0.15, 0.2) is 6.33 Å². The third-order valence-electron chi connectivity index (χ3n) is 3.02. The van der Waals surface area contributed by atoms with Crippen molar-refractivity contribution in [3.05, 3.63) is 12.2 Å². The number of aromatic nitrogens is 3. The van der Waals surface area contributed by atoms with Gasteiger partial charge in [-0.2, -0.15) is 0 Å². The summed E-state index contributed by atoms with van der Waals surface area (Å²) in [5, 5.41) is 21.0. The quantitative estimate of drug-likeness (QED) is 0.761. The molecule has 0 unspecified atom stereocenters. The van der Waals surface area contributed by atoms with Crippen LogP contribution in [0, 0.1) is 0 Å². The van der Waals surface area contributed by atoms with Crippen LogP contribution in [-0.4, -0.2) is 31.0 Å². The molecule has 5 nitrogen and oxygen atoms in total. The van der Waals surface area contributed by atoms with Crippen molar-refractivity contribution in [3.63, 3.8) is 0 Å². The fourth-order valence-corrected chi connectivity index (χ4v) is 0.983. The second-order valence-electron chi connectivity index (χ2n) is 4.90. The highest BCUT2D eigenvalue weighted by Gasteiger charge is 2.34. The molecule has 1 rings (SSSR count). The Morgan fingerprint density at radius 1 is 1.40 bits per heavy atom. The summed E-state index contributed by atoms with van der Waals surface area (Å²) in [4.78, 5) is 0. The molecule has 86 valence electrons. The average molecular weight is 212 g/mol. The lowest BCUT2D eigenvalue weighted by Gasteiger charge is -2.38. The maximum absolute atomic E-state index is 9.94. The van der Waals surface area contributed by atoms with Gasteiger partial charge in [0.1, 0.15) is 12.2 Å². The SMILES string of the molecule is Cn1cnnc1CNC(C)(C)C(C)(C)O. The maximum atomic E-state index is 9.94. The molecule has 0 spiro atoms. The minimum atomic E-state index is -0.786. The molecule has 0 aliphatic carbocycles. The van der Waals surface area contributed by atoms with Gasteiger partial charge in [-0.05, 0) is 27.7 Å². The molecule has 0 aromatic carbocycles. The summed E-state index contributed by atoms with van der Waals surface area (Å²) in [6.45, 7) is 8.09. The highest BCUT2D eigenvalue weighted by atomic mass is 16.3. The molecule has 0 aliphatic heterocycles. The van der Waals surface area contributed by atoms with Gasteiger partial charge in [0.05, 0.1) is 12.1 Å². The number of aliphatic hydroxyl groups is 1. The van der Waals surface area contributed by atoms with Crippen molar-refractivity contribution in [2.45, 2.75) is 45.4 Å². The second kappa shape index (κ2) is 3.90. The Kier molecular flexibility index (Phi) is 3.16. The molecule has 0 saturated carbocycles. The van der Waals surface area contributed by atoms with E-state index in [0.717, 1.165) is 5.82 Å². The molecule has 0 radical (unpaired) electrons. The van der Waals surface area contributed by atoms with E-state index in [-0.39, 0.29) is 5.54 Å². The molecule has 1 aromatic rings. The summed E-state index contributed by atoms with van der Waals surface area (Å²) in [5.74, 6) is 0.854. The molecule has 15 heavy (non-hydrogen) atoms. The van der Waals surface area contributed by atoms with Crippen LogP contribution in [0.5, 0.6) is 0 Å². The fraction of sp³-hybridized carbons (Fsp3) is 0.800. The van der Waals surface area contributed by atoms with E-state index >= 15 is 0 Å². The number of aryl methyl sites for hydroxylation is 1. The number of nitrogens with one attached hydrogen (secondary N) is 1. The van der Waals surface area contributed by atoms with Crippen molar-refractivity contribution in [2.75, 3.05) is 0 Å². The molecule has 0 amide bonds. The van der Waals surface area contributed by atoms with E-state index in [4.69, 9.17) is 0 Å². The lowest BCUT2D eigenvalue weighted by molar-refractivity contribution is -0.00571. The van der Waals surface area contributed by atoms with Gasteiger partial charge in [0.25, 0.3) is 0 Å². The van der Waals surface area contributed by atoms with Crippen LogP contribution in [0.1, 0.15) is 33.5 Å². The molecular weight excluding hydrogens is 192 g/mol. The van der Waals surface area contributed by atoms with E-state index < -0.39 is 5.60 Å². The van der Waals surface area contributed by atoms with E-state index in [1.54, 1.807) is 20.2 Å². The van der Waals surface area contributed by atoms with Gasteiger partial charge in [0.15, 0.2) is 0 Å². The van der Waals surface area contributed by atoms with Gasteiger partial charge in [-0.3, -0.25) is 0 Å². The third-order valence-corrected chi connectivity index (χ3v) is 3.02. The Balaban J connectivity index is 2.61. The largest absolute Gasteiger partial charge is 0.389 e. The summed E-state index contributed by atoms with van der Waals surface area (Å²) in [5.41, 5.74) is -1.16. The maximum Gasteiger partial charge on any atom is 0.146 e. The molecule has 0 atom stereocenters. The van der Waals surface area contributed by atoms with Gasteiger partial charge in [-0.15, -0.1) is 10.2 Å². The predicted molar refractivity (Wildman–Crippen MR) is 58.2 cm³/mol. The zero-order valence-corrected chi connectivity index (χ0v) is 10.1. The molecule has 1 heterocycles. The zero-order chi connectivity index (χ0) is 11.7. The summed E-state index contributed by atoms with van der Waals surface area (Å²) >= 11 is 0. The lowest BCUT2D eigenvalue weighted by atomic mass is 9.86. The van der Waals surface area contributed by atoms with Crippen LogP contribution in [0.4, 0.5) is 0 Å². The molecule has 0 fully saturated rings. The fourth-order valence-electron chi connectivity index (χ4n) is 0.983. The van der Waals surface area contributed by atoms with Gasteiger partial charge in [-0.1, -0.05) is 0 Å². The Bertz CT molecular complexity index is 324. The topological polar surface area (TPSA) is 63.0 Å². The highest BCUT2D eigenvalue weighted by Crippen LogP contribution is 2.20. The summed E-state index contributed by atoms with van der Waals surface area (Å²) in [6.07, 6.45) is 1.66. The Morgan fingerprint density at radius 2 is 2.00 bits per heavy atom. The Hall–Kier alpha value is -0.940. The van der Waals surface area contributed by atoms with Crippen molar-refractivity contribution in [1.29, 1.82) is 0 Å². The van der Waals surface area contributed by atoms with Crippen LogP contribution in [0.2, 0.25) is 0 Å². The highest BCUT2D eigenvalue weighted by molar-refractivity contribution is 4.95. The average Bonchev–Trinajstić information content (AvgIpc) is 2.46. The summed E-state index contributed by atoms with van der Waals surface area (Å²) < 4.78 is 1.85. The standard InChI is InChI=1S/C10H20N4O/c1-9(2,10(3,4)15)11-6-8-13-12-7-14(8)5/h7,11,15H,6H2,1-5H3. The summed E-state index contributed by atoms with van der Waals surface area (Å²) in [6, 6.07) is 0. The zero-order valence-electron chi connectivity index (χ0n) is 10.1. The van der Waals surface area contributed by atoms with Gasteiger partial charge in [0, 0.05) is 12.6 Å². The van der Waals surface area contributed by atoms with E-state index in [1.807, 2.05) is 25.5 Å². The van der Waals surface area contributed by atoms with Crippen LogP contribution >= 0.6 is 0 Å². The number of hydrogen-bond donors (Lipinski definition) is 2. The first-order valence-corrected chi connectivity index (χ1v) is 5.04. The molecule has 2 N–H and O–H groups in total. The molecule has 1 aromatic heterocycles. The van der Waals surface area contributed by atoms with Crippen molar-refractivity contribution < 1.29 is 5.11 Å². The molecular formula is C10H20N4O. The van der Waals surface area contributed by atoms with Crippen LogP contribution < -0.4 is 5.32 Å². The minimum Gasteiger partial charge on any atom is -0.389 e. The van der Waals surface area contributed by atoms with E-state index in [2.05, 4.69) is 15.5 Å². The lowest BCUT2D eigenvalue weighted by Crippen LogP contribution is -2.55. The van der Waals surface area contributed by atoms with Crippen molar-refractivity contribution in [2.24, 2.45) is 7.05 Å². The molecule has 5 heteroatoms. The summed E-state index contributed by atoms with van der Waals surface area (Å²) in [7, 11) is 1.90. The first-order valence-electron chi connectivity index (χ1n) is 5.04. The van der Waals surface area contributed by atoms with Gasteiger partial charge < -0.3 is 15.0 Å². The first-order chi connectivity index (χ1) is 6.74.